The van der Waals surface area contributed by atoms with Gasteiger partial charge in [-0.2, -0.15) is 0 Å². The van der Waals surface area contributed by atoms with E-state index in [-0.39, 0.29) is 0 Å². The Hall–Kier alpha value is -0.340. The molecule has 0 aromatic heterocycles. The van der Waals surface area contributed by atoms with Crippen molar-refractivity contribution >= 4 is 15.4 Å². The van der Waals surface area contributed by atoms with Crippen LogP contribution in [-0.2, 0) is 0 Å². The minimum Gasteiger partial charge on any atom is -0.351 e. The first-order valence-electron chi connectivity index (χ1n) is 1.28. The van der Waals surface area contributed by atoms with Gasteiger partial charge in [-0.25, -0.2) is 9.99 Å². The summed E-state index contributed by atoms with van der Waals surface area (Å²) < 4.78 is 0. The van der Waals surface area contributed by atoms with E-state index >= 15 is 0 Å². The SMILES string of the molecule is NC(=O)NNP. The quantitative estimate of drug-likeness (QED) is 0.295. The molecule has 4 N–H and O–H groups in total. The van der Waals surface area contributed by atoms with Crippen LogP contribution in [0.15, 0.2) is 0 Å². The van der Waals surface area contributed by atoms with Crippen LogP contribution in [0, 0.1) is 0 Å². The first kappa shape index (κ1) is 5.66. The first-order chi connectivity index (χ1) is 2.77. The molecule has 0 saturated carbocycles. The molecule has 0 aliphatic heterocycles. The minimum absolute atomic E-state index is 0.593. The zero-order valence-corrected chi connectivity index (χ0v) is 4.22. The second kappa shape index (κ2) is 2.87. The molecule has 36 valence electrons. The summed E-state index contributed by atoms with van der Waals surface area (Å²) in [6.45, 7) is 0. The number of amides is 2. The van der Waals surface area contributed by atoms with Gasteiger partial charge in [-0.3, -0.25) is 5.43 Å². The van der Waals surface area contributed by atoms with Gasteiger partial charge < -0.3 is 5.73 Å². The Morgan fingerprint density at radius 3 is 2.33 bits per heavy atom. The molecule has 4 nitrogen and oxygen atoms in total. The Morgan fingerprint density at radius 1 is 1.83 bits per heavy atom. The van der Waals surface area contributed by atoms with E-state index in [2.05, 4.69) is 25.7 Å². The van der Waals surface area contributed by atoms with E-state index in [1.165, 1.54) is 0 Å². The third-order valence-corrected chi connectivity index (χ3v) is 0.340. The fourth-order valence-corrected chi connectivity index (χ4v) is 0.213. The second-order valence-corrected chi connectivity index (χ2v) is 0.922. The summed E-state index contributed by atoms with van der Waals surface area (Å²) in [7, 11) is 2.06. The third-order valence-electron chi connectivity index (χ3n) is 0.195. The number of hydrogen-bond acceptors (Lipinski definition) is 2. The average Bonchev–Trinajstić information content (AvgIpc) is 1.35. The topological polar surface area (TPSA) is 67.2 Å². The lowest BCUT2D eigenvalue weighted by atomic mass is 11.2. The van der Waals surface area contributed by atoms with E-state index in [4.69, 9.17) is 0 Å². The van der Waals surface area contributed by atoms with Crippen molar-refractivity contribution in [3.05, 3.63) is 0 Å². The van der Waals surface area contributed by atoms with Gasteiger partial charge in [0, 0.05) is 0 Å². The lowest BCUT2D eigenvalue weighted by Gasteiger charge is -1.91. The largest absolute Gasteiger partial charge is 0.351 e. The van der Waals surface area contributed by atoms with Gasteiger partial charge in [0.25, 0.3) is 0 Å². The Bertz CT molecular complexity index is 54.8. The van der Waals surface area contributed by atoms with Crippen LogP contribution in [0.25, 0.3) is 0 Å². The van der Waals surface area contributed by atoms with Gasteiger partial charge in [-0.15, -0.1) is 0 Å². The van der Waals surface area contributed by atoms with Crippen molar-refractivity contribution in [2.24, 2.45) is 5.73 Å². The van der Waals surface area contributed by atoms with Crippen LogP contribution in [0.1, 0.15) is 0 Å². The van der Waals surface area contributed by atoms with E-state index in [0.29, 0.717) is 0 Å². The van der Waals surface area contributed by atoms with E-state index in [1.807, 2.05) is 0 Å². The molecule has 0 radical (unpaired) electrons. The Morgan fingerprint density at radius 2 is 2.33 bits per heavy atom. The molecule has 0 aromatic carbocycles. The minimum atomic E-state index is -0.593. The third kappa shape index (κ3) is 3.66. The van der Waals surface area contributed by atoms with Gasteiger partial charge in [0.1, 0.15) is 0 Å². The van der Waals surface area contributed by atoms with Crippen LogP contribution in [0.2, 0.25) is 0 Å². The van der Waals surface area contributed by atoms with Crippen molar-refractivity contribution in [1.82, 2.24) is 10.6 Å². The summed E-state index contributed by atoms with van der Waals surface area (Å²) in [4.78, 5) is 9.63. The lowest BCUT2D eigenvalue weighted by Crippen LogP contribution is -2.34. The maximum absolute atomic E-state index is 9.63. The van der Waals surface area contributed by atoms with Crippen molar-refractivity contribution < 1.29 is 4.79 Å². The van der Waals surface area contributed by atoms with Crippen molar-refractivity contribution in [1.29, 1.82) is 0 Å². The number of hydrogen-bond donors (Lipinski definition) is 3. The summed E-state index contributed by atoms with van der Waals surface area (Å²) in [6, 6.07) is -0.593. The fraction of sp³-hybridized carbons (Fsp3) is 0. The maximum Gasteiger partial charge on any atom is 0.326 e. The highest BCUT2D eigenvalue weighted by Gasteiger charge is 1.78. The van der Waals surface area contributed by atoms with Gasteiger partial charge in [-0.05, 0) is 9.39 Å². The van der Waals surface area contributed by atoms with Gasteiger partial charge in [0.15, 0.2) is 0 Å². The maximum atomic E-state index is 9.63. The molecule has 0 rings (SSSR count). The van der Waals surface area contributed by atoms with Crippen molar-refractivity contribution in [3.63, 3.8) is 0 Å². The molecule has 0 aromatic rings. The molecule has 0 spiro atoms. The summed E-state index contributed by atoms with van der Waals surface area (Å²) >= 11 is 0. The molecule has 0 heterocycles. The summed E-state index contributed by atoms with van der Waals surface area (Å²) in [5, 5.41) is 2.26. The monoisotopic (exact) mass is 107 g/mol. The van der Waals surface area contributed by atoms with E-state index < -0.39 is 6.03 Å². The number of nitrogens with two attached hydrogens (primary N) is 1. The number of nitrogens with one attached hydrogen (secondary N) is 2. The van der Waals surface area contributed by atoms with Gasteiger partial charge >= 0.3 is 6.03 Å². The molecule has 1 unspecified atom stereocenters. The number of carbonyl (C=O) groups is 1. The van der Waals surface area contributed by atoms with Crippen LogP contribution in [-0.4, -0.2) is 6.03 Å². The molecule has 0 fully saturated rings. The summed E-state index contributed by atoms with van der Waals surface area (Å²) in [5.41, 5.74) is 6.64. The number of hydrazine groups is 1. The van der Waals surface area contributed by atoms with Gasteiger partial charge in [0.2, 0.25) is 0 Å². The van der Waals surface area contributed by atoms with E-state index in [1.54, 1.807) is 0 Å². The highest BCUT2D eigenvalue weighted by Crippen LogP contribution is 1.55. The highest BCUT2D eigenvalue weighted by atomic mass is 31.0. The molecule has 0 aliphatic carbocycles. The van der Waals surface area contributed by atoms with Crippen molar-refractivity contribution in [3.8, 4) is 0 Å². The molecule has 5 heteroatoms. The molecule has 6 heavy (non-hydrogen) atoms. The fourth-order valence-electron chi connectivity index (χ4n) is 0.0711. The van der Waals surface area contributed by atoms with Crippen LogP contribution < -0.4 is 16.4 Å². The molecule has 1 atom stereocenters. The van der Waals surface area contributed by atoms with E-state index in [9.17, 15) is 4.79 Å². The normalized spacial score (nSPS) is 7.50. The van der Waals surface area contributed by atoms with Crippen LogP contribution >= 0.6 is 9.39 Å². The average molecular weight is 107 g/mol. The zero-order valence-electron chi connectivity index (χ0n) is 3.06. The molecule has 2 amide bonds. The van der Waals surface area contributed by atoms with Crippen LogP contribution in [0.3, 0.4) is 0 Å². The zero-order chi connectivity index (χ0) is 4.99. The van der Waals surface area contributed by atoms with E-state index in [0.717, 1.165) is 0 Å². The van der Waals surface area contributed by atoms with Crippen LogP contribution in [0.4, 0.5) is 4.79 Å². The molecule has 0 bridgehead atoms. The Kier molecular flexibility index (Phi) is 2.71. The predicted molar refractivity (Wildman–Crippen MR) is 25.6 cm³/mol. The van der Waals surface area contributed by atoms with Gasteiger partial charge in [0.05, 0.1) is 0 Å². The molecule has 0 saturated heterocycles. The number of urea groups is 1. The number of primary amides is 1. The smallest absolute Gasteiger partial charge is 0.326 e. The summed E-state index contributed by atoms with van der Waals surface area (Å²) in [6.07, 6.45) is 0. The predicted octanol–water partition coefficient (Wildman–Crippen LogP) is -1.05. The molecule has 0 aliphatic rings. The Labute approximate surface area is 37.7 Å². The lowest BCUT2D eigenvalue weighted by molar-refractivity contribution is 0.248. The summed E-state index contributed by atoms with van der Waals surface area (Å²) in [5.74, 6) is 0. The number of carbonyl (C=O) groups excluding carboxylic acids is 1. The van der Waals surface area contributed by atoms with Gasteiger partial charge in [-0.1, -0.05) is 0 Å². The standard InChI is InChI=1S/CH6N3OP/c2-1(5)3-4-6/h4H,6H2,(H3,2,3,5). The highest BCUT2D eigenvalue weighted by molar-refractivity contribution is 7.13. The van der Waals surface area contributed by atoms with Crippen molar-refractivity contribution in [2.45, 2.75) is 0 Å². The second-order valence-electron chi connectivity index (χ2n) is 0.634. The Balaban J connectivity index is 2.83. The first-order valence-corrected chi connectivity index (χ1v) is 1.86. The number of rotatable bonds is 1. The van der Waals surface area contributed by atoms with Crippen molar-refractivity contribution in [2.75, 3.05) is 0 Å². The molecular formula is CH6N3OP. The van der Waals surface area contributed by atoms with Crippen LogP contribution in [0.5, 0.6) is 0 Å². The molecular weight excluding hydrogens is 101 g/mol.